The van der Waals surface area contributed by atoms with Crippen molar-refractivity contribution >= 4 is 23.5 Å². The molecular formula is C27H26ClF3N2O4. The summed E-state index contributed by atoms with van der Waals surface area (Å²) in [5.74, 6) is -1.23. The molecule has 0 fully saturated rings. The van der Waals surface area contributed by atoms with Gasteiger partial charge >= 0.3 is 12.1 Å². The van der Waals surface area contributed by atoms with E-state index in [1.165, 1.54) is 38.2 Å². The Morgan fingerprint density at radius 3 is 2.32 bits per heavy atom. The number of nitrogens with one attached hydrogen (secondary N) is 1. The van der Waals surface area contributed by atoms with E-state index in [-0.39, 0.29) is 34.9 Å². The third-order valence-corrected chi connectivity index (χ3v) is 6.30. The molecule has 3 aromatic rings. The van der Waals surface area contributed by atoms with Gasteiger partial charge in [0.25, 0.3) is 11.5 Å². The van der Waals surface area contributed by atoms with Crippen LogP contribution < -0.4 is 10.9 Å². The van der Waals surface area contributed by atoms with Crippen LogP contribution in [-0.2, 0) is 29.2 Å². The summed E-state index contributed by atoms with van der Waals surface area (Å²) in [5, 5.41) is 2.87. The Morgan fingerprint density at radius 1 is 1.11 bits per heavy atom. The normalized spacial score (nSPS) is 12.2. The predicted octanol–water partition coefficient (Wildman–Crippen LogP) is 5.25. The molecule has 1 atom stereocenters. The Labute approximate surface area is 217 Å². The van der Waals surface area contributed by atoms with Crippen molar-refractivity contribution in [3.63, 3.8) is 0 Å². The number of benzene rings is 2. The molecule has 1 aromatic heterocycles. The first-order valence-electron chi connectivity index (χ1n) is 11.4. The van der Waals surface area contributed by atoms with Crippen LogP contribution in [0.4, 0.5) is 13.2 Å². The second kappa shape index (κ2) is 11.2. The smallest absolute Gasteiger partial charge is 0.417 e. The Morgan fingerprint density at radius 2 is 1.76 bits per heavy atom. The molecule has 0 saturated carbocycles. The number of nitrogens with zero attached hydrogens (tertiary/aromatic N) is 1. The molecule has 0 aliphatic heterocycles. The molecular weight excluding hydrogens is 509 g/mol. The number of aryl methyl sites for hydroxylation is 2. The number of halogens is 4. The minimum absolute atomic E-state index is 0.00634. The first-order valence-corrected chi connectivity index (χ1v) is 11.8. The van der Waals surface area contributed by atoms with E-state index in [1.54, 1.807) is 32.0 Å². The van der Waals surface area contributed by atoms with Gasteiger partial charge in [0.15, 0.2) is 0 Å². The van der Waals surface area contributed by atoms with E-state index in [9.17, 15) is 27.6 Å². The zero-order valence-corrected chi connectivity index (χ0v) is 21.5. The topological polar surface area (TPSA) is 77.4 Å². The number of rotatable bonds is 7. The Hall–Kier alpha value is -3.59. The first kappa shape index (κ1) is 28.0. The van der Waals surface area contributed by atoms with Crippen molar-refractivity contribution in [2.24, 2.45) is 7.05 Å². The number of amides is 1. The third kappa shape index (κ3) is 6.22. The van der Waals surface area contributed by atoms with Crippen molar-refractivity contribution in [3.8, 4) is 11.1 Å². The van der Waals surface area contributed by atoms with Crippen molar-refractivity contribution in [2.45, 2.75) is 39.4 Å². The highest BCUT2D eigenvalue weighted by Crippen LogP contribution is 2.36. The first-order chi connectivity index (χ1) is 17.3. The summed E-state index contributed by atoms with van der Waals surface area (Å²) in [4.78, 5) is 38.3. The van der Waals surface area contributed by atoms with Crippen LogP contribution in [0.3, 0.4) is 0 Å². The molecule has 3 rings (SSSR count). The molecule has 0 radical (unpaired) electrons. The van der Waals surface area contributed by atoms with Crippen molar-refractivity contribution in [1.29, 1.82) is 0 Å². The average molecular weight is 535 g/mol. The van der Waals surface area contributed by atoms with E-state index in [2.05, 4.69) is 5.32 Å². The summed E-state index contributed by atoms with van der Waals surface area (Å²) in [7, 11) is 1.41. The molecule has 1 heterocycles. The lowest BCUT2D eigenvalue weighted by molar-refractivity contribution is -0.145. The second-order valence-corrected chi connectivity index (χ2v) is 8.95. The Balaban J connectivity index is 1.93. The van der Waals surface area contributed by atoms with Gasteiger partial charge in [-0.25, -0.2) is 4.79 Å². The van der Waals surface area contributed by atoms with Gasteiger partial charge < -0.3 is 14.6 Å². The van der Waals surface area contributed by atoms with E-state index < -0.39 is 40.8 Å². The number of carbonyl (C=O) groups excluding carboxylic acids is 2. The quantitative estimate of drug-likeness (QED) is 0.420. The van der Waals surface area contributed by atoms with Crippen molar-refractivity contribution in [2.75, 3.05) is 6.61 Å². The van der Waals surface area contributed by atoms with Gasteiger partial charge in [0.1, 0.15) is 6.04 Å². The van der Waals surface area contributed by atoms with E-state index in [1.807, 2.05) is 0 Å². The molecule has 0 aliphatic carbocycles. The molecule has 0 bridgehead atoms. The Kier molecular flexibility index (Phi) is 8.48. The van der Waals surface area contributed by atoms with Gasteiger partial charge in [-0.3, -0.25) is 9.59 Å². The largest absolute Gasteiger partial charge is 0.464 e. The summed E-state index contributed by atoms with van der Waals surface area (Å²) in [6, 6.07) is 10.6. The highest BCUT2D eigenvalue weighted by molar-refractivity contribution is 6.34. The number of ether oxygens (including phenoxy) is 1. The predicted molar refractivity (Wildman–Crippen MR) is 135 cm³/mol. The SMILES string of the molecule is CCOC(=O)[C@H](Cc1ccc(-c2c(C(F)(F)F)cc(C)n(C)c2=O)cc1)NC(=O)c1c(C)cccc1Cl. The number of hydrogen-bond acceptors (Lipinski definition) is 4. The fourth-order valence-electron chi connectivity index (χ4n) is 3.95. The maximum atomic E-state index is 13.7. The molecule has 37 heavy (non-hydrogen) atoms. The summed E-state index contributed by atoms with van der Waals surface area (Å²) in [6.45, 7) is 4.86. The molecule has 0 aliphatic rings. The van der Waals surface area contributed by atoms with Crippen LogP contribution in [0.1, 0.15) is 39.7 Å². The summed E-state index contributed by atoms with van der Waals surface area (Å²) in [5.41, 5.74) is -0.605. The van der Waals surface area contributed by atoms with Crippen molar-refractivity contribution in [1.82, 2.24) is 9.88 Å². The number of hydrogen-bond donors (Lipinski definition) is 1. The molecule has 2 aromatic carbocycles. The van der Waals surface area contributed by atoms with Crippen LogP contribution in [0.5, 0.6) is 0 Å². The van der Waals surface area contributed by atoms with Crippen LogP contribution >= 0.6 is 11.6 Å². The second-order valence-electron chi connectivity index (χ2n) is 8.55. The molecule has 10 heteroatoms. The zero-order chi connectivity index (χ0) is 27.5. The van der Waals surface area contributed by atoms with Gasteiger partial charge in [-0.1, -0.05) is 48.0 Å². The molecule has 6 nitrogen and oxygen atoms in total. The van der Waals surface area contributed by atoms with E-state index >= 15 is 0 Å². The van der Waals surface area contributed by atoms with Crippen LogP contribution in [0, 0.1) is 13.8 Å². The standard InChI is InChI=1S/C27H26ClF3N2O4/c1-5-37-26(36)21(32-24(34)22-15(2)7-6-8-20(22)28)14-17-9-11-18(12-10-17)23-19(27(29,30)31)13-16(3)33(4)25(23)35/h6-13,21H,5,14H2,1-4H3,(H,32,34)/t21-/m0/s1. The summed E-state index contributed by atoms with van der Waals surface area (Å²) >= 11 is 6.18. The lowest BCUT2D eigenvalue weighted by atomic mass is 9.97. The van der Waals surface area contributed by atoms with Crippen molar-refractivity contribution in [3.05, 3.63) is 91.9 Å². The van der Waals surface area contributed by atoms with Crippen molar-refractivity contribution < 1.29 is 27.5 Å². The number of pyridine rings is 1. The number of aromatic nitrogens is 1. The average Bonchev–Trinajstić information content (AvgIpc) is 2.82. The molecule has 0 unspecified atom stereocenters. The number of carbonyl (C=O) groups is 2. The van der Waals surface area contributed by atoms with Gasteiger partial charge in [-0.05, 0) is 49.6 Å². The van der Waals surface area contributed by atoms with Crippen LogP contribution in [-0.4, -0.2) is 29.1 Å². The number of esters is 1. The monoisotopic (exact) mass is 534 g/mol. The minimum Gasteiger partial charge on any atom is -0.464 e. The van der Waals surface area contributed by atoms with Gasteiger partial charge in [0, 0.05) is 19.2 Å². The lowest BCUT2D eigenvalue weighted by Crippen LogP contribution is -2.43. The van der Waals surface area contributed by atoms with Crippen LogP contribution in [0.25, 0.3) is 11.1 Å². The molecule has 1 N–H and O–H groups in total. The highest BCUT2D eigenvalue weighted by Gasteiger charge is 2.36. The zero-order valence-electron chi connectivity index (χ0n) is 20.7. The molecule has 196 valence electrons. The van der Waals surface area contributed by atoms with E-state index in [0.717, 1.165) is 10.6 Å². The van der Waals surface area contributed by atoms with Crippen LogP contribution in [0.2, 0.25) is 5.02 Å². The fraction of sp³-hybridized carbons (Fsp3) is 0.296. The molecule has 1 amide bonds. The van der Waals surface area contributed by atoms with Gasteiger partial charge in [0.2, 0.25) is 0 Å². The Bertz CT molecular complexity index is 1360. The maximum Gasteiger partial charge on any atom is 0.417 e. The fourth-order valence-corrected chi connectivity index (χ4v) is 4.26. The molecule has 0 saturated heterocycles. The van der Waals surface area contributed by atoms with Gasteiger partial charge in [0.05, 0.1) is 28.3 Å². The summed E-state index contributed by atoms with van der Waals surface area (Å²) in [6.07, 6.45) is -4.71. The summed E-state index contributed by atoms with van der Waals surface area (Å²) < 4.78 is 47.4. The maximum absolute atomic E-state index is 13.7. The highest BCUT2D eigenvalue weighted by atomic mass is 35.5. The van der Waals surface area contributed by atoms with Crippen LogP contribution in [0.15, 0.2) is 53.3 Å². The molecule has 0 spiro atoms. The van der Waals surface area contributed by atoms with Gasteiger partial charge in [-0.15, -0.1) is 0 Å². The minimum atomic E-state index is -4.72. The van der Waals surface area contributed by atoms with E-state index in [0.29, 0.717) is 11.1 Å². The third-order valence-electron chi connectivity index (χ3n) is 5.98. The lowest BCUT2D eigenvalue weighted by Gasteiger charge is -2.19. The van der Waals surface area contributed by atoms with Gasteiger partial charge in [-0.2, -0.15) is 13.2 Å². The number of alkyl halides is 3. The van der Waals surface area contributed by atoms with E-state index in [4.69, 9.17) is 16.3 Å².